The average molecular weight is 1140 g/mol. The third-order valence-electron chi connectivity index (χ3n) is 15.2. The molecule has 3 unspecified atom stereocenters. The van der Waals surface area contributed by atoms with Gasteiger partial charge < -0.3 is 28.5 Å². The Morgan fingerprint density at radius 1 is 0.438 bits per heavy atom. The molecule has 0 fully saturated rings. The molecule has 1 N–H and O–H groups in total. The summed E-state index contributed by atoms with van der Waals surface area (Å²) in [5.74, 6) is -0.536. The first-order valence-corrected chi connectivity index (χ1v) is 35.6. The van der Waals surface area contributed by atoms with Crippen molar-refractivity contribution in [1.29, 1.82) is 0 Å². The predicted molar refractivity (Wildman–Crippen MR) is 344 cm³/mol. The van der Waals surface area contributed by atoms with Crippen LogP contribution in [0.15, 0.2) is 60.8 Å². The largest absolute Gasteiger partial charge is 0.756 e. The van der Waals surface area contributed by atoms with Crippen molar-refractivity contribution in [1.82, 2.24) is 5.32 Å². The lowest BCUT2D eigenvalue weighted by Gasteiger charge is -2.30. The van der Waals surface area contributed by atoms with E-state index in [1.807, 2.05) is 33.3 Å². The van der Waals surface area contributed by atoms with Crippen LogP contribution in [0.3, 0.4) is 0 Å². The van der Waals surface area contributed by atoms with Crippen LogP contribution in [0.1, 0.15) is 323 Å². The maximum absolute atomic E-state index is 13.6. The summed E-state index contributed by atoms with van der Waals surface area (Å²) in [6.45, 7) is 6.85. The van der Waals surface area contributed by atoms with Crippen LogP contribution >= 0.6 is 7.82 Å². The third-order valence-corrected chi connectivity index (χ3v) is 16.2. The van der Waals surface area contributed by atoms with Crippen LogP contribution in [0.25, 0.3) is 0 Å². The van der Waals surface area contributed by atoms with E-state index in [4.69, 9.17) is 13.8 Å². The van der Waals surface area contributed by atoms with Crippen LogP contribution < -0.4 is 10.2 Å². The van der Waals surface area contributed by atoms with Crippen LogP contribution in [0, 0.1) is 0 Å². The minimum Gasteiger partial charge on any atom is -0.756 e. The number of unbranched alkanes of at least 4 members (excludes halogenated alkanes) is 38. The molecule has 9 nitrogen and oxygen atoms in total. The van der Waals surface area contributed by atoms with Crippen molar-refractivity contribution in [3.05, 3.63) is 60.8 Å². The molecule has 10 heteroatoms. The van der Waals surface area contributed by atoms with E-state index in [0.29, 0.717) is 17.4 Å². The molecular formula is C70H131N2O7P. The van der Waals surface area contributed by atoms with Gasteiger partial charge in [-0.05, 0) is 76.7 Å². The number of rotatable bonds is 62. The van der Waals surface area contributed by atoms with Gasteiger partial charge in [-0.15, -0.1) is 0 Å². The predicted octanol–water partition coefficient (Wildman–Crippen LogP) is 20.8. The Kier molecular flexibility index (Phi) is 58.1. The number of quaternary nitrogens is 1. The molecule has 0 heterocycles. The van der Waals surface area contributed by atoms with E-state index in [2.05, 4.69) is 74.7 Å². The van der Waals surface area contributed by atoms with Crippen molar-refractivity contribution in [2.75, 3.05) is 40.9 Å². The minimum absolute atomic E-state index is 0.0227. The number of carbonyl (C=O) groups excluding carboxylic acids is 2. The molecule has 0 aromatic rings. The molecule has 0 aromatic heterocycles. The van der Waals surface area contributed by atoms with E-state index in [1.54, 1.807) is 0 Å². The first-order chi connectivity index (χ1) is 38.9. The molecule has 0 aliphatic carbocycles. The van der Waals surface area contributed by atoms with Crippen LogP contribution in [-0.4, -0.2) is 69.4 Å². The summed E-state index contributed by atoms with van der Waals surface area (Å²) in [6, 6.07) is -0.890. The monoisotopic (exact) mass is 1140 g/mol. The number of nitrogens with one attached hydrogen (secondary N) is 1. The molecule has 80 heavy (non-hydrogen) atoms. The number of carbonyl (C=O) groups is 2. The van der Waals surface area contributed by atoms with Crippen LogP contribution in [0.4, 0.5) is 0 Å². The fourth-order valence-electron chi connectivity index (χ4n) is 9.92. The number of phosphoric ester groups is 1. The quantitative estimate of drug-likeness (QED) is 0.0212. The van der Waals surface area contributed by atoms with Gasteiger partial charge in [0.1, 0.15) is 19.3 Å². The Labute approximate surface area is 496 Å². The summed E-state index contributed by atoms with van der Waals surface area (Å²) >= 11 is 0. The van der Waals surface area contributed by atoms with Gasteiger partial charge in [-0.2, -0.15) is 0 Å². The highest BCUT2D eigenvalue weighted by atomic mass is 31.2. The van der Waals surface area contributed by atoms with Crippen LogP contribution in [-0.2, 0) is 27.9 Å². The average Bonchev–Trinajstić information content (AvgIpc) is 3.42. The van der Waals surface area contributed by atoms with E-state index in [1.165, 1.54) is 199 Å². The minimum atomic E-state index is -4.70. The zero-order valence-electron chi connectivity index (χ0n) is 53.5. The summed E-state index contributed by atoms with van der Waals surface area (Å²) in [4.78, 5) is 40.1. The number of amides is 1. The normalized spacial score (nSPS) is 13.9. The number of phosphoric acid groups is 1. The Balaban J connectivity index is 5.11. The van der Waals surface area contributed by atoms with Gasteiger partial charge in [-0.25, -0.2) is 0 Å². The molecule has 468 valence electrons. The van der Waals surface area contributed by atoms with E-state index >= 15 is 0 Å². The summed E-state index contributed by atoms with van der Waals surface area (Å²) in [5, 5.41) is 3.04. The standard InChI is InChI=1S/C70H131N2O7P/c1-7-10-13-16-19-22-25-28-30-32-33-34-35-36-37-38-39-41-43-45-48-51-54-57-60-63-70(74)79-68(61-58-55-52-49-46-27-24-21-18-15-12-9-3)67(66-78-80(75,76)77-65-64-72(4,5)6)71-69(73)62-59-56-53-50-47-44-42-40-31-29-26-23-20-17-14-11-8-2/h19,22,28,30,33-34,36-37,58,61,67-68H,7-18,20-21,23-27,29,31-32,35,38-57,59-60,62-66H2,1-6H3,(H-,71,73,75,76)/b22-19-,30-28-,34-33-,37-36-,61-58+. The van der Waals surface area contributed by atoms with Crippen molar-refractivity contribution in [2.45, 2.75) is 335 Å². The Morgan fingerprint density at radius 2 is 0.762 bits per heavy atom. The first kappa shape index (κ1) is 77.7. The van der Waals surface area contributed by atoms with Gasteiger partial charge >= 0.3 is 5.97 Å². The Bertz CT molecular complexity index is 1550. The topological polar surface area (TPSA) is 114 Å². The molecule has 0 aromatic carbocycles. The maximum atomic E-state index is 13.6. The highest BCUT2D eigenvalue weighted by molar-refractivity contribution is 7.45. The molecule has 0 bridgehead atoms. The number of allylic oxidation sites excluding steroid dienone is 9. The van der Waals surface area contributed by atoms with Crippen molar-refractivity contribution < 1.29 is 37.3 Å². The van der Waals surface area contributed by atoms with Crippen molar-refractivity contribution in [2.24, 2.45) is 0 Å². The second-order valence-corrected chi connectivity index (χ2v) is 25.7. The number of nitrogens with zero attached hydrogens (tertiary/aromatic N) is 1. The highest BCUT2D eigenvalue weighted by Crippen LogP contribution is 2.38. The van der Waals surface area contributed by atoms with Gasteiger partial charge in [0.05, 0.1) is 33.8 Å². The summed E-state index contributed by atoms with van der Waals surface area (Å²) in [7, 11) is 1.19. The van der Waals surface area contributed by atoms with Crippen molar-refractivity contribution >= 4 is 19.7 Å². The van der Waals surface area contributed by atoms with Crippen LogP contribution in [0.5, 0.6) is 0 Å². The van der Waals surface area contributed by atoms with E-state index in [0.717, 1.165) is 89.9 Å². The summed E-state index contributed by atoms with van der Waals surface area (Å²) in [5.41, 5.74) is 0. The van der Waals surface area contributed by atoms with Crippen molar-refractivity contribution in [3.63, 3.8) is 0 Å². The smallest absolute Gasteiger partial charge is 0.306 e. The fraction of sp³-hybridized carbons (Fsp3) is 0.829. The van der Waals surface area contributed by atoms with Gasteiger partial charge in [-0.1, -0.05) is 294 Å². The second kappa shape index (κ2) is 59.9. The van der Waals surface area contributed by atoms with E-state index in [9.17, 15) is 19.0 Å². The molecule has 0 radical (unpaired) electrons. The zero-order chi connectivity index (χ0) is 58.6. The number of hydrogen-bond donors (Lipinski definition) is 1. The van der Waals surface area contributed by atoms with Crippen LogP contribution in [0.2, 0.25) is 0 Å². The Hall–Kier alpha value is -2.29. The number of hydrogen-bond acceptors (Lipinski definition) is 7. The molecular weight excluding hydrogens is 1010 g/mol. The van der Waals surface area contributed by atoms with Crippen molar-refractivity contribution in [3.8, 4) is 0 Å². The van der Waals surface area contributed by atoms with E-state index in [-0.39, 0.29) is 31.5 Å². The van der Waals surface area contributed by atoms with Gasteiger partial charge in [-0.3, -0.25) is 14.2 Å². The molecule has 1 amide bonds. The van der Waals surface area contributed by atoms with E-state index < -0.39 is 20.0 Å². The molecule has 3 atom stereocenters. The lowest BCUT2D eigenvalue weighted by Crippen LogP contribution is -2.47. The fourth-order valence-corrected chi connectivity index (χ4v) is 10.6. The first-order valence-electron chi connectivity index (χ1n) is 34.1. The highest BCUT2D eigenvalue weighted by Gasteiger charge is 2.27. The maximum Gasteiger partial charge on any atom is 0.306 e. The SMILES string of the molecule is CCCCC/C=C\C/C=C\C/C=C\C/C=C\CCCCCCCCCCCC(=O)OC(/C=C/CCCCCCCCCCCC)C(COP(=O)([O-])OCC[N+](C)(C)C)NC(=O)CCCCCCCCCCCCCCCCCCC. The Morgan fingerprint density at radius 3 is 1.16 bits per heavy atom. The zero-order valence-corrected chi connectivity index (χ0v) is 54.4. The summed E-state index contributed by atoms with van der Waals surface area (Å²) < 4.78 is 30.4. The number of ether oxygens (including phenoxy) is 1. The molecule has 0 aliphatic rings. The van der Waals surface area contributed by atoms with Gasteiger partial charge in [0.2, 0.25) is 5.91 Å². The van der Waals surface area contributed by atoms with Gasteiger partial charge in [0, 0.05) is 12.8 Å². The van der Waals surface area contributed by atoms with Gasteiger partial charge in [0.15, 0.2) is 0 Å². The van der Waals surface area contributed by atoms with Gasteiger partial charge in [0.25, 0.3) is 7.82 Å². The molecule has 0 saturated heterocycles. The summed E-state index contributed by atoms with van der Waals surface area (Å²) in [6.07, 6.45) is 76.2. The number of likely N-dealkylation sites (N-methyl/N-ethyl adjacent to an activating group) is 1. The molecule has 0 rings (SSSR count). The molecule has 0 spiro atoms. The lowest BCUT2D eigenvalue weighted by atomic mass is 10.0. The molecule has 0 saturated carbocycles. The lowest BCUT2D eigenvalue weighted by molar-refractivity contribution is -0.870. The third kappa shape index (κ3) is 60.3. The molecule has 0 aliphatic heterocycles. The second-order valence-electron chi connectivity index (χ2n) is 24.3. The number of esters is 1.